The molecule has 0 spiro atoms. The molecule has 3 aromatic carbocycles. The van der Waals surface area contributed by atoms with Gasteiger partial charge >= 0.3 is 5.97 Å². The van der Waals surface area contributed by atoms with Crippen molar-refractivity contribution in [3.63, 3.8) is 0 Å². The lowest BCUT2D eigenvalue weighted by Crippen LogP contribution is -2.10. The van der Waals surface area contributed by atoms with Gasteiger partial charge in [0.15, 0.2) is 0 Å². The maximum Gasteiger partial charge on any atom is 0.335 e. The van der Waals surface area contributed by atoms with E-state index in [1.54, 1.807) is 30.3 Å². The molecule has 31 heavy (non-hydrogen) atoms. The molecule has 0 aliphatic carbocycles. The fourth-order valence-electron chi connectivity index (χ4n) is 3.74. The van der Waals surface area contributed by atoms with E-state index in [4.69, 9.17) is 22.3 Å². The highest BCUT2D eigenvalue weighted by Crippen LogP contribution is 2.33. The average molecular weight is 411 g/mol. The van der Waals surface area contributed by atoms with Gasteiger partial charge in [0.1, 0.15) is 11.7 Å². The van der Waals surface area contributed by atoms with Crippen molar-refractivity contribution in [3.8, 4) is 11.3 Å². The number of fused-ring (bicyclic) bond motifs is 1. The summed E-state index contributed by atoms with van der Waals surface area (Å²) in [4.78, 5) is 15.1. The summed E-state index contributed by atoms with van der Waals surface area (Å²) in [6.07, 6.45) is 0.408. The molecule has 1 aromatic heterocycles. The van der Waals surface area contributed by atoms with Crippen LogP contribution in [0, 0.1) is 10.8 Å². The highest BCUT2D eigenvalue weighted by atomic mass is 16.4. The molecule has 4 aromatic rings. The van der Waals surface area contributed by atoms with Gasteiger partial charge in [-0.1, -0.05) is 54.6 Å². The Morgan fingerprint density at radius 3 is 2.19 bits per heavy atom. The fraction of sp³-hybridized carbons (Fsp3) is 0.0417. The quantitative estimate of drug-likeness (QED) is 0.212. The van der Waals surface area contributed by atoms with E-state index in [1.165, 1.54) is 0 Å². The normalized spacial score (nSPS) is 10.8. The second-order valence-corrected chi connectivity index (χ2v) is 7.28. The minimum atomic E-state index is -0.971. The minimum absolute atomic E-state index is 0.00935. The molecule has 0 saturated heterocycles. The van der Waals surface area contributed by atoms with Crippen LogP contribution in [0.15, 0.2) is 66.7 Å². The summed E-state index contributed by atoms with van der Waals surface area (Å²) in [5.41, 5.74) is 16.9. The number of H-pyrrole nitrogens is 1. The molecular weight excluding hydrogens is 390 g/mol. The van der Waals surface area contributed by atoms with E-state index in [1.807, 2.05) is 36.4 Å². The van der Waals surface area contributed by atoms with Gasteiger partial charge in [0.05, 0.1) is 11.3 Å². The first-order valence-corrected chi connectivity index (χ1v) is 9.60. The number of rotatable bonds is 6. The molecule has 0 aliphatic rings. The van der Waals surface area contributed by atoms with Crippen molar-refractivity contribution in [2.75, 3.05) is 0 Å². The predicted molar refractivity (Wildman–Crippen MR) is 122 cm³/mol. The molecule has 8 N–H and O–H groups in total. The van der Waals surface area contributed by atoms with E-state index in [9.17, 15) is 9.90 Å². The van der Waals surface area contributed by atoms with Crippen LogP contribution in [0.1, 0.15) is 32.6 Å². The first-order chi connectivity index (χ1) is 14.8. The molecule has 0 aliphatic heterocycles. The summed E-state index contributed by atoms with van der Waals surface area (Å²) < 4.78 is 0. The third-order valence-electron chi connectivity index (χ3n) is 5.32. The maximum atomic E-state index is 11.7. The summed E-state index contributed by atoms with van der Waals surface area (Å²) in [7, 11) is 0. The average Bonchev–Trinajstić information content (AvgIpc) is 3.11. The van der Waals surface area contributed by atoms with Crippen molar-refractivity contribution in [1.29, 1.82) is 10.8 Å². The lowest BCUT2D eigenvalue weighted by atomic mass is 9.95. The van der Waals surface area contributed by atoms with Gasteiger partial charge in [-0.05, 0) is 28.8 Å². The molecule has 0 bridgehead atoms. The molecule has 0 saturated carbocycles. The standard InChI is InChI=1S/C24H21N5O2/c25-22(26)14-7-5-13(6-8-14)21-19(11-15-3-1-2-4-17(15)24(30)31)18-10-9-16(23(27)28)12-20(18)29-21/h1-10,12,29H,11H2,(H3,25,26)(H3,27,28)(H,30,31). The van der Waals surface area contributed by atoms with Crippen LogP contribution in [-0.2, 0) is 6.42 Å². The van der Waals surface area contributed by atoms with Crippen molar-refractivity contribution in [1.82, 2.24) is 4.98 Å². The Balaban J connectivity index is 1.91. The number of carbonyl (C=O) groups is 1. The number of benzene rings is 3. The number of aromatic nitrogens is 1. The Hall–Kier alpha value is -4.39. The zero-order valence-electron chi connectivity index (χ0n) is 16.6. The third kappa shape index (κ3) is 3.76. The van der Waals surface area contributed by atoms with Gasteiger partial charge < -0.3 is 21.6 Å². The van der Waals surface area contributed by atoms with Crippen LogP contribution in [0.25, 0.3) is 22.2 Å². The molecule has 4 rings (SSSR count). The topological polar surface area (TPSA) is 153 Å². The SMILES string of the molecule is N=C(N)c1ccc(-c2[nH]c3cc(C(=N)N)ccc3c2Cc2ccccc2C(=O)O)cc1. The molecule has 1 heterocycles. The number of carboxylic acid groups (broad SMARTS) is 1. The molecule has 0 atom stereocenters. The zero-order valence-corrected chi connectivity index (χ0v) is 16.6. The van der Waals surface area contributed by atoms with Crippen LogP contribution in [0.5, 0.6) is 0 Å². The molecule has 0 radical (unpaired) electrons. The zero-order chi connectivity index (χ0) is 22.1. The fourth-order valence-corrected chi connectivity index (χ4v) is 3.74. The maximum absolute atomic E-state index is 11.7. The van der Waals surface area contributed by atoms with Crippen molar-refractivity contribution >= 4 is 28.5 Å². The van der Waals surface area contributed by atoms with E-state index < -0.39 is 5.97 Å². The van der Waals surface area contributed by atoms with Gasteiger partial charge in [-0.2, -0.15) is 0 Å². The summed E-state index contributed by atoms with van der Waals surface area (Å²) in [5, 5.41) is 25.8. The molecule has 0 amide bonds. The summed E-state index contributed by atoms with van der Waals surface area (Å²) >= 11 is 0. The Morgan fingerprint density at radius 2 is 1.55 bits per heavy atom. The van der Waals surface area contributed by atoms with E-state index in [0.717, 1.165) is 27.7 Å². The molecule has 154 valence electrons. The predicted octanol–water partition coefficient (Wildman–Crippen LogP) is 3.69. The number of nitrogens with one attached hydrogen (secondary N) is 3. The lowest BCUT2D eigenvalue weighted by molar-refractivity contribution is 0.0696. The largest absolute Gasteiger partial charge is 0.478 e. The van der Waals surface area contributed by atoms with Crippen LogP contribution in [0.2, 0.25) is 0 Å². The lowest BCUT2D eigenvalue weighted by Gasteiger charge is -2.09. The van der Waals surface area contributed by atoms with Crippen LogP contribution < -0.4 is 11.5 Å². The van der Waals surface area contributed by atoms with Gasteiger partial charge in [0.25, 0.3) is 0 Å². The summed E-state index contributed by atoms with van der Waals surface area (Å²) in [6.45, 7) is 0. The first kappa shape index (κ1) is 19.9. The Kier molecular flexibility index (Phi) is 5.00. The third-order valence-corrected chi connectivity index (χ3v) is 5.32. The molecule has 7 heteroatoms. The van der Waals surface area contributed by atoms with Gasteiger partial charge in [0.2, 0.25) is 0 Å². The van der Waals surface area contributed by atoms with E-state index >= 15 is 0 Å². The van der Waals surface area contributed by atoms with Gasteiger partial charge in [-0.25, -0.2) is 4.79 Å². The number of aromatic carboxylic acids is 1. The Bertz CT molecular complexity index is 1340. The monoisotopic (exact) mass is 411 g/mol. The van der Waals surface area contributed by atoms with Gasteiger partial charge in [0, 0.05) is 28.5 Å². The molecule has 0 unspecified atom stereocenters. The van der Waals surface area contributed by atoms with Gasteiger partial charge in [-0.3, -0.25) is 10.8 Å². The summed E-state index contributed by atoms with van der Waals surface area (Å²) in [6, 6.07) is 19.8. The molecule has 0 fully saturated rings. The smallest absolute Gasteiger partial charge is 0.335 e. The van der Waals surface area contributed by atoms with Crippen molar-refractivity contribution in [2.24, 2.45) is 11.5 Å². The number of amidine groups is 2. The number of nitrogen functional groups attached to an aromatic ring is 2. The van der Waals surface area contributed by atoms with Crippen molar-refractivity contribution < 1.29 is 9.90 Å². The first-order valence-electron chi connectivity index (χ1n) is 9.60. The number of hydrogen-bond donors (Lipinski definition) is 6. The van der Waals surface area contributed by atoms with Crippen molar-refractivity contribution in [3.05, 3.63) is 94.5 Å². The number of aromatic amines is 1. The molecular formula is C24H21N5O2. The van der Waals surface area contributed by atoms with E-state index in [0.29, 0.717) is 23.1 Å². The Labute approximate surface area is 178 Å². The molecule has 7 nitrogen and oxygen atoms in total. The highest BCUT2D eigenvalue weighted by Gasteiger charge is 2.18. The van der Waals surface area contributed by atoms with Crippen LogP contribution in [0.3, 0.4) is 0 Å². The number of nitrogens with two attached hydrogens (primary N) is 2. The second kappa shape index (κ2) is 7.79. The van der Waals surface area contributed by atoms with Crippen LogP contribution >= 0.6 is 0 Å². The summed E-state index contributed by atoms with van der Waals surface area (Å²) in [5.74, 6) is -1.01. The van der Waals surface area contributed by atoms with E-state index in [2.05, 4.69) is 4.98 Å². The Morgan fingerprint density at radius 1 is 0.903 bits per heavy atom. The highest BCUT2D eigenvalue weighted by molar-refractivity contribution is 6.01. The second-order valence-electron chi connectivity index (χ2n) is 7.28. The number of carboxylic acids is 1. The van der Waals surface area contributed by atoms with Gasteiger partial charge in [-0.15, -0.1) is 0 Å². The van der Waals surface area contributed by atoms with E-state index in [-0.39, 0.29) is 17.2 Å². The van der Waals surface area contributed by atoms with Crippen LogP contribution in [0.4, 0.5) is 0 Å². The number of hydrogen-bond acceptors (Lipinski definition) is 3. The van der Waals surface area contributed by atoms with Crippen molar-refractivity contribution in [2.45, 2.75) is 6.42 Å². The van der Waals surface area contributed by atoms with Crippen LogP contribution in [-0.4, -0.2) is 27.7 Å². The minimum Gasteiger partial charge on any atom is -0.478 e.